The Hall–Kier alpha value is -2.28. The van der Waals surface area contributed by atoms with Gasteiger partial charge in [-0.3, -0.25) is 0 Å². The lowest BCUT2D eigenvalue weighted by Gasteiger charge is -2.12. The first-order chi connectivity index (χ1) is 9.84. The molecule has 0 atom stereocenters. The van der Waals surface area contributed by atoms with Gasteiger partial charge in [0.1, 0.15) is 0 Å². The summed E-state index contributed by atoms with van der Waals surface area (Å²) in [6.45, 7) is 3.20. The van der Waals surface area contributed by atoms with E-state index in [1.807, 2.05) is 0 Å². The smallest absolute Gasteiger partial charge is 0.0482 e. The summed E-state index contributed by atoms with van der Waals surface area (Å²) in [5.41, 5.74) is 5.30. The van der Waals surface area contributed by atoms with Crippen LogP contribution in [0.5, 0.6) is 0 Å². The zero-order chi connectivity index (χ0) is 13.8. The fraction of sp³-hybridized carbons (Fsp3) is 0.158. The van der Waals surface area contributed by atoms with Crippen LogP contribution in [0.3, 0.4) is 0 Å². The summed E-state index contributed by atoms with van der Waals surface area (Å²) < 4.78 is 2.41. The normalized spacial score (nSPS) is 10.7. The molecule has 1 heterocycles. The first kappa shape index (κ1) is 12.7. The summed E-state index contributed by atoms with van der Waals surface area (Å²) in [6, 6.07) is 25.7. The van der Waals surface area contributed by atoms with Gasteiger partial charge in [0.05, 0.1) is 0 Å². The summed E-state index contributed by atoms with van der Waals surface area (Å²) in [7, 11) is 0. The molecule has 0 radical (unpaired) electrons. The van der Waals surface area contributed by atoms with Crippen molar-refractivity contribution in [3.8, 4) is 11.3 Å². The number of nitrogens with zero attached hydrogens (tertiary/aromatic N) is 1. The van der Waals surface area contributed by atoms with Crippen LogP contribution < -0.4 is 0 Å². The zero-order valence-electron chi connectivity index (χ0n) is 11.8. The number of rotatable bonds is 4. The van der Waals surface area contributed by atoms with E-state index in [0.29, 0.717) is 0 Å². The molecule has 100 valence electrons. The van der Waals surface area contributed by atoms with Crippen molar-refractivity contribution in [1.82, 2.24) is 4.57 Å². The van der Waals surface area contributed by atoms with Crippen LogP contribution in [0.2, 0.25) is 0 Å². The second-order valence-electron chi connectivity index (χ2n) is 5.11. The molecule has 0 aliphatic rings. The molecule has 3 rings (SSSR count). The van der Waals surface area contributed by atoms with Crippen molar-refractivity contribution in [3.63, 3.8) is 0 Å². The Morgan fingerprint density at radius 1 is 0.750 bits per heavy atom. The van der Waals surface area contributed by atoms with Crippen LogP contribution in [0.25, 0.3) is 11.3 Å². The van der Waals surface area contributed by atoms with Gasteiger partial charge in [0.2, 0.25) is 0 Å². The molecule has 1 aromatic heterocycles. The van der Waals surface area contributed by atoms with Crippen molar-refractivity contribution in [2.75, 3.05) is 0 Å². The Morgan fingerprint density at radius 3 is 2.10 bits per heavy atom. The van der Waals surface area contributed by atoms with Crippen LogP contribution >= 0.6 is 0 Å². The van der Waals surface area contributed by atoms with Crippen LogP contribution in [0.15, 0.2) is 72.8 Å². The van der Waals surface area contributed by atoms with Crippen LogP contribution in [0.4, 0.5) is 0 Å². The fourth-order valence-corrected chi connectivity index (χ4v) is 2.61. The molecule has 0 aliphatic carbocycles. The minimum atomic E-state index is 1.02. The maximum atomic E-state index is 2.41. The number of hydrogen-bond acceptors (Lipinski definition) is 0. The van der Waals surface area contributed by atoms with Crippen LogP contribution in [0.1, 0.15) is 11.3 Å². The molecule has 20 heavy (non-hydrogen) atoms. The fourth-order valence-electron chi connectivity index (χ4n) is 2.61. The lowest BCUT2D eigenvalue weighted by atomic mass is 10.1. The molecule has 2 aromatic carbocycles. The van der Waals surface area contributed by atoms with Gasteiger partial charge in [0.15, 0.2) is 0 Å². The van der Waals surface area contributed by atoms with Gasteiger partial charge in [-0.2, -0.15) is 0 Å². The molecular formula is C19H19N. The Balaban J connectivity index is 1.85. The number of benzene rings is 2. The van der Waals surface area contributed by atoms with Gasteiger partial charge in [0, 0.05) is 17.9 Å². The molecule has 0 saturated heterocycles. The second kappa shape index (κ2) is 5.79. The molecule has 0 fully saturated rings. The topological polar surface area (TPSA) is 4.93 Å². The Bertz CT molecular complexity index is 666. The lowest BCUT2D eigenvalue weighted by Crippen LogP contribution is -2.04. The van der Waals surface area contributed by atoms with E-state index in [0.717, 1.165) is 13.0 Å². The average Bonchev–Trinajstić information content (AvgIpc) is 2.88. The van der Waals surface area contributed by atoms with Crippen LogP contribution in [-0.4, -0.2) is 4.57 Å². The van der Waals surface area contributed by atoms with Gasteiger partial charge in [-0.15, -0.1) is 0 Å². The van der Waals surface area contributed by atoms with Crippen molar-refractivity contribution < 1.29 is 0 Å². The molecule has 1 nitrogen and oxygen atoms in total. The molecule has 0 saturated carbocycles. The van der Waals surface area contributed by atoms with Crippen molar-refractivity contribution >= 4 is 0 Å². The minimum absolute atomic E-state index is 1.02. The Morgan fingerprint density at radius 2 is 1.40 bits per heavy atom. The summed E-state index contributed by atoms with van der Waals surface area (Å²) in [6.07, 6.45) is 1.07. The van der Waals surface area contributed by atoms with Crippen molar-refractivity contribution in [1.29, 1.82) is 0 Å². The number of hydrogen-bond donors (Lipinski definition) is 0. The van der Waals surface area contributed by atoms with Gasteiger partial charge in [-0.05, 0) is 36.6 Å². The van der Waals surface area contributed by atoms with Crippen LogP contribution in [-0.2, 0) is 13.0 Å². The lowest BCUT2D eigenvalue weighted by molar-refractivity contribution is 0.688. The largest absolute Gasteiger partial charge is 0.345 e. The number of aromatic nitrogens is 1. The van der Waals surface area contributed by atoms with E-state index < -0.39 is 0 Å². The standard InChI is InChI=1S/C19H19N/c1-16-12-13-19(18-10-6-3-7-11-18)20(16)15-14-17-8-4-2-5-9-17/h2-13H,14-15H2,1H3. The molecular weight excluding hydrogens is 242 g/mol. The SMILES string of the molecule is Cc1ccc(-c2ccccc2)n1CCc1ccccc1. The van der Waals surface area contributed by atoms with E-state index in [2.05, 4.69) is 84.3 Å². The van der Waals surface area contributed by atoms with E-state index in [1.54, 1.807) is 0 Å². The molecule has 0 spiro atoms. The van der Waals surface area contributed by atoms with E-state index >= 15 is 0 Å². The molecule has 3 aromatic rings. The molecule has 0 N–H and O–H groups in total. The quantitative estimate of drug-likeness (QED) is 0.641. The highest BCUT2D eigenvalue weighted by Crippen LogP contribution is 2.22. The second-order valence-corrected chi connectivity index (χ2v) is 5.11. The first-order valence-electron chi connectivity index (χ1n) is 7.10. The maximum absolute atomic E-state index is 2.41. The Kier molecular flexibility index (Phi) is 3.69. The third kappa shape index (κ3) is 2.67. The molecule has 0 aliphatic heterocycles. The van der Waals surface area contributed by atoms with E-state index in [9.17, 15) is 0 Å². The minimum Gasteiger partial charge on any atom is -0.345 e. The summed E-state index contributed by atoms with van der Waals surface area (Å²) >= 11 is 0. The van der Waals surface area contributed by atoms with Crippen molar-refractivity contribution in [3.05, 3.63) is 84.1 Å². The predicted molar refractivity (Wildman–Crippen MR) is 84.8 cm³/mol. The predicted octanol–water partition coefficient (Wildman–Crippen LogP) is 4.71. The highest BCUT2D eigenvalue weighted by molar-refractivity contribution is 5.60. The highest BCUT2D eigenvalue weighted by Gasteiger charge is 2.07. The van der Waals surface area contributed by atoms with E-state index in [1.165, 1.54) is 22.5 Å². The molecule has 0 bridgehead atoms. The van der Waals surface area contributed by atoms with Gasteiger partial charge in [0.25, 0.3) is 0 Å². The third-order valence-corrected chi connectivity index (χ3v) is 3.74. The summed E-state index contributed by atoms with van der Waals surface area (Å²) in [4.78, 5) is 0. The first-order valence-corrected chi connectivity index (χ1v) is 7.10. The monoisotopic (exact) mass is 261 g/mol. The molecule has 1 heteroatoms. The molecule has 0 amide bonds. The van der Waals surface area contributed by atoms with Crippen molar-refractivity contribution in [2.24, 2.45) is 0 Å². The van der Waals surface area contributed by atoms with E-state index in [4.69, 9.17) is 0 Å². The van der Waals surface area contributed by atoms with Gasteiger partial charge in [-0.1, -0.05) is 60.7 Å². The Labute approximate surface area is 120 Å². The number of aryl methyl sites for hydroxylation is 2. The van der Waals surface area contributed by atoms with Crippen molar-refractivity contribution in [2.45, 2.75) is 19.9 Å². The highest BCUT2D eigenvalue weighted by atomic mass is 15.0. The molecule has 0 unspecified atom stereocenters. The third-order valence-electron chi connectivity index (χ3n) is 3.74. The van der Waals surface area contributed by atoms with Gasteiger partial charge >= 0.3 is 0 Å². The van der Waals surface area contributed by atoms with Gasteiger partial charge in [-0.25, -0.2) is 0 Å². The summed E-state index contributed by atoms with van der Waals surface area (Å²) in [5.74, 6) is 0. The van der Waals surface area contributed by atoms with Gasteiger partial charge < -0.3 is 4.57 Å². The average molecular weight is 261 g/mol. The summed E-state index contributed by atoms with van der Waals surface area (Å²) in [5, 5.41) is 0. The van der Waals surface area contributed by atoms with E-state index in [-0.39, 0.29) is 0 Å². The zero-order valence-corrected chi connectivity index (χ0v) is 11.8. The maximum Gasteiger partial charge on any atom is 0.0482 e. The van der Waals surface area contributed by atoms with Crippen LogP contribution in [0, 0.1) is 6.92 Å².